The number of likely N-dealkylation sites (tertiary alicyclic amines) is 1. The molecule has 2 heteroatoms. The molecule has 0 aromatic heterocycles. The zero-order chi connectivity index (χ0) is 10.3. The fourth-order valence-electron chi connectivity index (χ4n) is 3.68. The lowest BCUT2D eigenvalue weighted by molar-refractivity contribution is -0.122. The molecule has 3 rings (SSSR count). The quantitative estimate of drug-likeness (QED) is 0.658. The third-order valence-corrected chi connectivity index (χ3v) is 4.85. The Morgan fingerprint density at radius 3 is 2.67 bits per heavy atom. The van der Waals surface area contributed by atoms with Gasteiger partial charge in [-0.15, -0.1) is 0 Å². The highest BCUT2D eigenvalue weighted by atomic mass is 16.1. The minimum absolute atomic E-state index is 0.501. The maximum atomic E-state index is 11.4. The van der Waals surface area contributed by atoms with Crippen molar-refractivity contribution in [3.05, 3.63) is 0 Å². The average Bonchev–Trinajstić information content (AvgIpc) is 2.62. The summed E-state index contributed by atoms with van der Waals surface area (Å²) in [6, 6.07) is 0.603. The molecule has 84 valence electrons. The van der Waals surface area contributed by atoms with Gasteiger partial charge in [0, 0.05) is 25.4 Å². The van der Waals surface area contributed by atoms with E-state index in [-0.39, 0.29) is 0 Å². The molecular formula is C13H21NO. The summed E-state index contributed by atoms with van der Waals surface area (Å²) in [5, 5.41) is 0. The molecule has 0 aromatic rings. The predicted molar refractivity (Wildman–Crippen MR) is 59.7 cm³/mol. The van der Waals surface area contributed by atoms with Gasteiger partial charge in [0.15, 0.2) is 0 Å². The van der Waals surface area contributed by atoms with E-state index < -0.39 is 0 Å². The van der Waals surface area contributed by atoms with Crippen molar-refractivity contribution in [2.75, 3.05) is 13.1 Å². The molecule has 2 aliphatic carbocycles. The zero-order valence-corrected chi connectivity index (χ0v) is 9.50. The number of rotatable bonds is 1. The summed E-state index contributed by atoms with van der Waals surface area (Å²) in [6.45, 7) is 2.56. The first-order chi connectivity index (χ1) is 7.27. The van der Waals surface area contributed by atoms with E-state index in [4.69, 9.17) is 0 Å². The first-order valence-corrected chi connectivity index (χ1v) is 6.53. The Bertz CT molecular complexity index is 270. The summed E-state index contributed by atoms with van der Waals surface area (Å²) in [7, 11) is 0. The van der Waals surface area contributed by atoms with Crippen LogP contribution in [0, 0.1) is 5.41 Å². The van der Waals surface area contributed by atoms with Crippen LogP contribution in [0.1, 0.15) is 51.4 Å². The number of ketones is 1. The number of nitrogens with zero attached hydrogens (tertiary/aromatic N) is 1. The van der Waals surface area contributed by atoms with Crippen molar-refractivity contribution in [2.45, 2.75) is 57.4 Å². The van der Waals surface area contributed by atoms with Crippen LogP contribution in [-0.2, 0) is 4.79 Å². The zero-order valence-electron chi connectivity index (χ0n) is 9.50. The molecule has 1 aliphatic heterocycles. The van der Waals surface area contributed by atoms with Gasteiger partial charge in [0.1, 0.15) is 5.78 Å². The molecule has 3 aliphatic rings. The molecule has 2 nitrogen and oxygen atoms in total. The average molecular weight is 207 g/mol. The minimum Gasteiger partial charge on any atom is -0.300 e. The van der Waals surface area contributed by atoms with E-state index in [1.165, 1.54) is 45.2 Å². The molecule has 3 fully saturated rings. The van der Waals surface area contributed by atoms with Crippen LogP contribution in [-0.4, -0.2) is 29.8 Å². The summed E-state index contributed by atoms with van der Waals surface area (Å²) in [5.74, 6) is 0.501. The maximum Gasteiger partial charge on any atom is 0.134 e. The third-order valence-electron chi connectivity index (χ3n) is 4.85. The normalized spacial score (nSPS) is 35.7. The Kier molecular flexibility index (Phi) is 2.35. The highest BCUT2D eigenvalue weighted by Crippen LogP contribution is 2.48. The molecule has 0 bridgehead atoms. The second kappa shape index (κ2) is 3.58. The number of carbonyl (C=O) groups is 1. The molecule has 0 aromatic carbocycles. The summed E-state index contributed by atoms with van der Waals surface area (Å²) in [5.41, 5.74) is 0.695. The molecule has 0 amide bonds. The Morgan fingerprint density at radius 2 is 2.07 bits per heavy atom. The van der Waals surface area contributed by atoms with Crippen molar-refractivity contribution in [3.63, 3.8) is 0 Å². The van der Waals surface area contributed by atoms with Crippen LogP contribution < -0.4 is 0 Å². The summed E-state index contributed by atoms with van der Waals surface area (Å²) < 4.78 is 0. The summed E-state index contributed by atoms with van der Waals surface area (Å²) in [4.78, 5) is 14.1. The van der Waals surface area contributed by atoms with E-state index in [9.17, 15) is 4.79 Å². The molecule has 0 radical (unpaired) electrons. The molecule has 2 saturated carbocycles. The number of Topliss-reactive ketones (excluding diaryl/α,β-unsaturated/α-hetero) is 1. The summed E-state index contributed by atoms with van der Waals surface area (Å²) >= 11 is 0. The van der Waals surface area contributed by atoms with Crippen LogP contribution >= 0.6 is 0 Å². The van der Waals surface area contributed by atoms with Gasteiger partial charge in [0.2, 0.25) is 0 Å². The smallest absolute Gasteiger partial charge is 0.134 e. The molecule has 15 heavy (non-hydrogen) atoms. The lowest BCUT2D eigenvalue weighted by Gasteiger charge is -2.39. The van der Waals surface area contributed by atoms with E-state index in [1.807, 2.05) is 0 Å². The predicted octanol–water partition coefficient (Wildman–Crippen LogP) is 2.37. The van der Waals surface area contributed by atoms with Crippen LogP contribution in [0.5, 0.6) is 0 Å². The van der Waals surface area contributed by atoms with E-state index in [2.05, 4.69) is 4.90 Å². The standard InChI is InChI=1S/C13H21NO/c15-12-4-1-3-11(9-12)14-8-7-13(10-14)5-2-6-13/h11H,1-10H2. The first-order valence-electron chi connectivity index (χ1n) is 6.53. The Labute approximate surface area is 92.0 Å². The molecule has 1 saturated heterocycles. The largest absolute Gasteiger partial charge is 0.300 e. The number of hydrogen-bond acceptors (Lipinski definition) is 2. The lowest BCUT2D eigenvalue weighted by Crippen LogP contribution is -2.40. The van der Waals surface area contributed by atoms with Crippen molar-refractivity contribution in [3.8, 4) is 0 Å². The van der Waals surface area contributed by atoms with Gasteiger partial charge in [0.25, 0.3) is 0 Å². The minimum atomic E-state index is 0.501. The van der Waals surface area contributed by atoms with Crippen molar-refractivity contribution in [2.24, 2.45) is 5.41 Å². The van der Waals surface area contributed by atoms with Crippen molar-refractivity contribution < 1.29 is 4.79 Å². The fraction of sp³-hybridized carbons (Fsp3) is 0.923. The van der Waals surface area contributed by atoms with Gasteiger partial charge in [-0.3, -0.25) is 9.69 Å². The van der Waals surface area contributed by atoms with Gasteiger partial charge >= 0.3 is 0 Å². The van der Waals surface area contributed by atoms with Gasteiger partial charge in [-0.1, -0.05) is 6.42 Å². The fourth-order valence-corrected chi connectivity index (χ4v) is 3.68. The van der Waals surface area contributed by atoms with E-state index in [1.54, 1.807) is 0 Å². The second-order valence-corrected chi connectivity index (χ2v) is 5.86. The molecular weight excluding hydrogens is 186 g/mol. The van der Waals surface area contributed by atoms with Gasteiger partial charge in [-0.2, -0.15) is 0 Å². The van der Waals surface area contributed by atoms with E-state index in [0.29, 0.717) is 17.2 Å². The molecule has 0 N–H and O–H groups in total. The second-order valence-electron chi connectivity index (χ2n) is 5.86. The van der Waals surface area contributed by atoms with Gasteiger partial charge < -0.3 is 0 Å². The Morgan fingerprint density at radius 1 is 1.20 bits per heavy atom. The lowest BCUT2D eigenvalue weighted by atomic mass is 9.68. The van der Waals surface area contributed by atoms with Crippen molar-refractivity contribution in [1.29, 1.82) is 0 Å². The van der Waals surface area contributed by atoms with Gasteiger partial charge in [-0.05, 0) is 44.1 Å². The SMILES string of the molecule is O=C1CCCC(N2CCC3(CCC3)C2)C1. The number of hydrogen-bond donors (Lipinski definition) is 0. The number of carbonyl (C=O) groups excluding carboxylic acids is 1. The highest BCUT2D eigenvalue weighted by molar-refractivity contribution is 5.79. The van der Waals surface area contributed by atoms with Crippen LogP contribution in [0.25, 0.3) is 0 Å². The van der Waals surface area contributed by atoms with Crippen LogP contribution in [0.4, 0.5) is 0 Å². The van der Waals surface area contributed by atoms with Gasteiger partial charge in [0.05, 0.1) is 0 Å². The molecule has 1 atom stereocenters. The van der Waals surface area contributed by atoms with Crippen LogP contribution in [0.15, 0.2) is 0 Å². The Hall–Kier alpha value is -0.370. The van der Waals surface area contributed by atoms with Crippen molar-refractivity contribution >= 4 is 5.78 Å². The van der Waals surface area contributed by atoms with E-state index >= 15 is 0 Å². The first kappa shape index (κ1) is 9.83. The third kappa shape index (κ3) is 1.73. The van der Waals surface area contributed by atoms with Gasteiger partial charge in [-0.25, -0.2) is 0 Å². The summed E-state index contributed by atoms with van der Waals surface area (Å²) in [6.07, 6.45) is 9.82. The molecule has 1 heterocycles. The monoisotopic (exact) mass is 207 g/mol. The maximum absolute atomic E-state index is 11.4. The van der Waals surface area contributed by atoms with Crippen LogP contribution in [0.3, 0.4) is 0 Å². The molecule has 1 spiro atoms. The molecule has 1 unspecified atom stereocenters. The topological polar surface area (TPSA) is 20.3 Å². The highest BCUT2D eigenvalue weighted by Gasteiger charge is 2.44. The van der Waals surface area contributed by atoms with Crippen LogP contribution in [0.2, 0.25) is 0 Å². The van der Waals surface area contributed by atoms with E-state index in [0.717, 1.165) is 19.3 Å². The Balaban J connectivity index is 1.61. The van der Waals surface area contributed by atoms with Crippen molar-refractivity contribution in [1.82, 2.24) is 4.90 Å².